The van der Waals surface area contributed by atoms with Gasteiger partial charge in [-0.1, -0.05) is 69.2 Å². The predicted molar refractivity (Wildman–Crippen MR) is 124 cm³/mol. The number of nitrogens with one attached hydrogen (secondary N) is 1. The lowest BCUT2D eigenvalue weighted by atomic mass is 9.87. The Morgan fingerprint density at radius 3 is 2.03 bits per heavy atom. The quantitative estimate of drug-likeness (QED) is 0.609. The molecule has 3 fully saturated rings. The highest BCUT2D eigenvalue weighted by molar-refractivity contribution is 6.30. The third kappa shape index (κ3) is 4.39. The Morgan fingerprint density at radius 1 is 1.00 bits per heavy atom. The standard InChI is InChI=1S/C25H34ClN3O3/c1-2-25(18-13-15-19(26)16-14-18)23(31)28(24(32)27-25)17-22(30)29(20-9-5-3-6-10-20)21-11-7-4-8-12-21/h13-16,20-21H,2-12,17H2,1H3,(H,27,32)/t25-/m0/s1. The van der Waals surface area contributed by atoms with Crippen molar-refractivity contribution in [3.63, 3.8) is 0 Å². The van der Waals surface area contributed by atoms with Crippen LogP contribution in [0, 0.1) is 0 Å². The zero-order chi connectivity index (χ0) is 22.7. The number of carbonyl (C=O) groups is 3. The van der Waals surface area contributed by atoms with Gasteiger partial charge in [0.25, 0.3) is 5.91 Å². The molecule has 2 aliphatic carbocycles. The topological polar surface area (TPSA) is 69.7 Å². The molecule has 1 heterocycles. The van der Waals surface area contributed by atoms with Gasteiger partial charge in [0.15, 0.2) is 0 Å². The van der Waals surface area contributed by atoms with Gasteiger partial charge in [0, 0.05) is 17.1 Å². The number of hydrogen-bond donors (Lipinski definition) is 1. The van der Waals surface area contributed by atoms with E-state index < -0.39 is 11.6 Å². The minimum atomic E-state index is -1.15. The Labute approximate surface area is 195 Å². The minimum absolute atomic E-state index is 0.0877. The third-order valence-electron chi connectivity index (χ3n) is 7.56. The molecule has 1 N–H and O–H groups in total. The zero-order valence-electron chi connectivity index (χ0n) is 18.9. The summed E-state index contributed by atoms with van der Waals surface area (Å²) in [6, 6.07) is 6.94. The van der Waals surface area contributed by atoms with Crippen LogP contribution in [0.15, 0.2) is 24.3 Å². The van der Waals surface area contributed by atoms with Gasteiger partial charge in [0.05, 0.1) is 0 Å². The van der Waals surface area contributed by atoms with E-state index >= 15 is 0 Å². The molecule has 0 unspecified atom stereocenters. The number of rotatable bonds is 6. The van der Waals surface area contributed by atoms with Gasteiger partial charge in [-0.05, 0) is 49.8 Å². The Hall–Kier alpha value is -2.08. The second kappa shape index (κ2) is 9.82. The smallest absolute Gasteiger partial charge is 0.325 e. The van der Waals surface area contributed by atoms with Crippen LogP contribution in [-0.2, 0) is 15.1 Å². The van der Waals surface area contributed by atoms with Crippen LogP contribution in [0.25, 0.3) is 0 Å². The Morgan fingerprint density at radius 2 is 1.53 bits per heavy atom. The fourth-order valence-electron chi connectivity index (χ4n) is 5.78. The lowest BCUT2D eigenvalue weighted by Crippen LogP contribution is -2.53. The van der Waals surface area contributed by atoms with E-state index in [4.69, 9.17) is 11.6 Å². The number of hydrogen-bond acceptors (Lipinski definition) is 3. The van der Waals surface area contributed by atoms with E-state index in [0.29, 0.717) is 17.0 Å². The van der Waals surface area contributed by atoms with Gasteiger partial charge in [-0.2, -0.15) is 0 Å². The van der Waals surface area contributed by atoms with Gasteiger partial charge >= 0.3 is 6.03 Å². The number of amides is 4. The molecule has 3 aliphatic rings. The van der Waals surface area contributed by atoms with Crippen LogP contribution in [0.4, 0.5) is 4.79 Å². The largest absolute Gasteiger partial charge is 0.335 e. The molecule has 4 rings (SSSR count). The molecule has 6 nitrogen and oxygen atoms in total. The van der Waals surface area contributed by atoms with Gasteiger partial charge in [-0.25, -0.2) is 4.79 Å². The van der Waals surface area contributed by atoms with Crippen molar-refractivity contribution < 1.29 is 14.4 Å². The van der Waals surface area contributed by atoms with Crippen molar-refractivity contribution in [1.82, 2.24) is 15.1 Å². The SMILES string of the molecule is CC[C@@]1(c2ccc(Cl)cc2)NC(=O)N(CC(=O)N(C2CCCCC2)C2CCCCC2)C1=O. The zero-order valence-corrected chi connectivity index (χ0v) is 19.7. The van der Waals surface area contributed by atoms with Crippen molar-refractivity contribution in [3.8, 4) is 0 Å². The number of urea groups is 1. The first-order valence-electron chi connectivity index (χ1n) is 12.2. The maximum atomic E-state index is 13.6. The molecule has 1 aromatic rings. The van der Waals surface area contributed by atoms with E-state index in [1.165, 1.54) is 12.8 Å². The Kier molecular flexibility index (Phi) is 7.08. The van der Waals surface area contributed by atoms with Gasteiger partial charge in [0.1, 0.15) is 12.1 Å². The van der Waals surface area contributed by atoms with Crippen molar-refractivity contribution in [1.29, 1.82) is 0 Å². The minimum Gasteiger partial charge on any atom is -0.335 e. The van der Waals surface area contributed by atoms with Gasteiger partial charge in [0.2, 0.25) is 5.91 Å². The molecule has 4 amide bonds. The molecule has 32 heavy (non-hydrogen) atoms. The number of carbonyl (C=O) groups excluding carboxylic acids is 3. The molecule has 1 saturated heterocycles. The van der Waals surface area contributed by atoms with Crippen molar-refractivity contribution in [2.45, 2.75) is 95.2 Å². The molecule has 0 radical (unpaired) electrons. The summed E-state index contributed by atoms with van der Waals surface area (Å²) in [5.41, 5.74) is -0.461. The Balaban J connectivity index is 1.55. The molecule has 2 saturated carbocycles. The monoisotopic (exact) mass is 459 g/mol. The second-order valence-electron chi connectivity index (χ2n) is 9.47. The average molecular weight is 460 g/mol. The van der Waals surface area contributed by atoms with Crippen LogP contribution >= 0.6 is 11.6 Å². The normalized spacial score (nSPS) is 25.1. The summed E-state index contributed by atoms with van der Waals surface area (Å²) in [6.45, 7) is 1.68. The molecule has 1 aromatic carbocycles. The second-order valence-corrected chi connectivity index (χ2v) is 9.91. The van der Waals surface area contributed by atoms with Crippen LogP contribution in [-0.4, -0.2) is 46.3 Å². The summed E-state index contributed by atoms with van der Waals surface area (Å²) in [5.74, 6) is -0.441. The summed E-state index contributed by atoms with van der Waals surface area (Å²) in [4.78, 5) is 43.2. The fourth-order valence-corrected chi connectivity index (χ4v) is 5.91. The van der Waals surface area contributed by atoms with Crippen LogP contribution in [0.1, 0.15) is 83.1 Å². The van der Waals surface area contributed by atoms with Gasteiger partial charge < -0.3 is 10.2 Å². The highest BCUT2D eigenvalue weighted by Gasteiger charge is 2.52. The third-order valence-corrected chi connectivity index (χ3v) is 7.81. The lowest BCUT2D eigenvalue weighted by molar-refractivity contribution is -0.143. The summed E-state index contributed by atoms with van der Waals surface area (Å²) < 4.78 is 0. The Bertz CT molecular complexity index is 828. The van der Waals surface area contributed by atoms with Crippen molar-refractivity contribution in [3.05, 3.63) is 34.9 Å². The van der Waals surface area contributed by atoms with Crippen molar-refractivity contribution in [2.75, 3.05) is 6.54 Å². The molecule has 0 aromatic heterocycles. The number of halogens is 1. The van der Waals surface area contributed by atoms with E-state index in [0.717, 1.165) is 56.3 Å². The summed E-state index contributed by atoms with van der Waals surface area (Å²) in [5, 5.41) is 3.45. The number of imide groups is 1. The highest BCUT2D eigenvalue weighted by Crippen LogP contribution is 2.34. The van der Waals surface area contributed by atoms with E-state index in [1.54, 1.807) is 24.3 Å². The van der Waals surface area contributed by atoms with Crippen LogP contribution in [0.3, 0.4) is 0 Å². The molecule has 174 valence electrons. The molecular formula is C25H34ClN3O3. The molecule has 0 spiro atoms. The molecular weight excluding hydrogens is 426 g/mol. The maximum absolute atomic E-state index is 13.6. The molecule has 1 aliphatic heterocycles. The average Bonchev–Trinajstić information content (AvgIpc) is 3.06. The van der Waals surface area contributed by atoms with Crippen LogP contribution in [0.2, 0.25) is 5.02 Å². The summed E-state index contributed by atoms with van der Waals surface area (Å²) in [7, 11) is 0. The van der Waals surface area contributed by atoms with Crippen LogP contribution < -0.4 is 5.32 Å². The van der Waals surface area contributed by atoms with E-state index in [1.807, 2.05) is 6.92 Å². The molecule has 1 atom stereocenters. The van der Waals surface area contributed by atoms with Gasteiger partial charge in [-0.15, -0.1) is 0 Å². The lowest BCUT2D eigenvalue weighted by Gasteiger charge is -2.42. The molecule has 0 bridgehead atoms. The first kappa shape index (κ1) is 23.1. The van der Waals surface area contributed by atoms with Crippen molar-refractivity contribution in [2.24, 2.45) is 0 Å². The maximum Gasteiger partial charge on any atom is 0.325 e. The predicted octanol–water partition coefficient (Wildman–Crippen LogP) is 4.99. The highest BCUT2D eigenvalue weighted by atomic mass is 35.5. The first-order valence-corrected chi connectivity index (χ1v) is 12.6. The number of benzene rings is 1. The van der Waals surface area contributed by atoms with Crippen molar-refractivity contribution >= 4 is 29.4 Å². The molecule has 7 heteroatoms. The fraction of sp³-hybridized carbons (Fsp3) is 0.640. The van der Waals surface area contributed by atoms with Gasteiger partial charge in [-0.3, -0.25) is 14.5 Å². The summed E-state index contributed by atoms with van der Waals surface area (Å²) >= 11 is 6.02. The number of nitrogens with zero attached hydrogens (tertiary/aromatic N) is 2. The van der Waals surface area contributed by atoms with E-state index in [-0.39, 0.29) is 30.4 Å². The van der Waals surface area contributed by atoms with E-state index in [9.17, 15) is 14.4 Å². The summed E-state index contributed by atoms with van der Waals surface area (Å²) in [6.07, 6.45) is 11.5. The van der Waals surface area contributed by atoms with E-state index in [2.05, 4.69) is 10.2 Å². The van der Waals surface area contributed by atoms with Crippen LogP contribution in [0.5, 0.6) is 0 Å². The first-order chi connectivity index (χ1) is 15.5.